The third-order valence-corrected chi connectivity index (χ3v) is 4.87. The van der Waals surface area contributed by atoms with Crippen LogP contribution in [0.5, 0.6) is 0 Å². The number of halogens is 3. The van der Waals surface area contributed by atoms with E-state index in [1.54, 1.807) is 0 Å². The molecule has 160 valence electrons. The van der Waals surface area contributed by atoms with Crippen molar-refractivity contribution in [3.8, 4) is 0 Å². The zero-order chi connectivity index (χ0) is 21.2. The van der Waals surface area contributed by atoms with Gasteiger partial charge < -0.3 is 18.8 Å². The lowest BCUT2D eigenvalue weighted by Gasteiger charge is -2.33. The highest BCUT2D eigenvalue weighted by Gasteiger charge is 2.41. The molecule has 1 N–H and O–H groups in total. The number of aromatic nitrogens is 2. The van der Waals surface area contributed by atoms with E-state index in [1.807, 2.05) is 19.9 Å². The Balaban J connectivity index is 0.000000298. The van der Waals surface area contributed by atoms with Crippen molar-refractivity contribution in [3.63, 3.8) is 0 Å². The van der Waals surface area contributed by atoms with Gasteiger partial charge in [-0.1, -0.05) is 5.16 Å². The first-order chi connectivity index (χ1) is 13.6. The summed E-state index contributed by atoms with van der Waals surface area (Å²) in [7, 11) is 0. The van der Waals surface area contributed by atoms with Gasteiger partial charge >= 0.3 is 12.1 Å². The van der Waals surface area contributed by atoms with Crippen LogP contribution in [0.3, 0.4) is 0 Å². The maximum Gasteiger partial charge on any atom is 0.490 e. The molecule has 4 rings (SSSR count). The van der Waals surface area contributed by atoms with Gasteiger partial charge in [0.05, 0.1) is 12.6 Å². The largest absolute Gasteiger partial charge is 0.490 e. The van der Waals surface area contributed by atoms with Crippen molar-refractivity contribution >= 4 is 5.97 Å². The second-order valence-corrected chi connectivity index (χ2v) is 7.18. The predicted octanol–water partition coefficient (Wildman–Crippen LogP) is 3.26. The summed E-state index contributed by atoms with van der Waals surface area (Å²) in [4.78, 5) is 15.6. The molecule has 3 atom stereocenters. The number of aliphatic carboxylic acids is 1. The first-order valence-corrected chi connectivity index (χ1v) is 9.15. The molecule has 0 amide bonds. The highest BCUT2D eigenvalue weighted by atomic mass is 19.4. The number of alkyl halides is 3. The van der Waals surface area contributed by atoms with E-state index >= 15 is 0 Å². The summed E-state index contributed by atoms with van der Waals surface area (Å²) in [5.74, 6) is 1.12. The van der Waals surface area contributed by atoms with Crippen LogP contribution in [0.4, 0.5) is 13.2 Å². The number of piperidine rings is 1. The van der Waals surface area contributed by atoms with Crippen LogP contribution < -0.4 is 0 Å². The smallest absolute Gasteiger partial charge is 0.475 e. The molecular weight excluding hydrogens is 395 g/mol. The van der Waals surface area contributed by atoms with Crippen molar-refractivity contribution in [2.24, 2.45) is 5.92 Å². The van der Waals surface area contributed by atoms with Crippen LogP contribution >= 0.6 is 0 Å². The molecule has 2 aliphatic heterocycles. The van der Waals surface area contributed by atoms with E-state index in [4.69, 9.17) is 23.6 Å². The van der Waals surface area contributed by atoms with Gasteiger partial charge in [-0.15, -0.1) is 0 Å². The average Bonchev–Trinajstić information content (AvgIpc) is 3.34. The zero-order valence-corrected chi connectivity index (χ0v) is 16.0. The summed E-state index contributed by atoms with van der Waals surface area (Å²) < 4.78 is 48.8. The fourth-order valence-corrected chi connectivity index (χ4v) is 3.53. The second-order valence-electron chi connectivity index (χ2n) is 7.18. The van der Waals surface area contributed by atoms with Gasteiger partial charge in [-0.05, 0) is 51.3 Å². The molecular formula is C18H22F3N3O5. The molecule has 29 heavy (non-hydrogen) atoms. The van der Waals surface area contributed by atoms with E-state index in [2.05, 4.69) is 21.1 Å². The summed E-state index contributed by atoms with van der Waals surface area (Å²) in [6, 6.07) is 4.07. The van der Waals surface area contributed by atoms with Crippen LogP contribution in [0.2, 0.25) is 0 Å². The Kier molecular flexibility index (Phi) is 6.27. The molecule has 2 aromatic rings. The minimum absolute atomic E-state index is 0.0398. The first-order valence-electron chi connectivity index (χ1n) is 9.15. The molecule has 0 aromatic carbocycles. The summed E-state index contributed by atoms with van der Waals surface area (Å²) in [6.07, 6.45) is -2.74. The van der Waals surface area contributed by atoms with Crippen molar-refractivity contribution in [3.05, 3.63) is 35.4 Å². The Bertz CT molecular complexity index is 835. The molecule has 4 heterocycles. The highest BCUT2D eigenvalue weighted by molar-refractivity contribution is 5.73. The monoisotopic (exact) mass is 417 g/mol. The minimum Gasteiger partial charge on any atom is -0.475 e. The van der Waals surface area contributed by atoms with Crippen molar-refractivity contribution in [2.45, 2.75) is 51.6 Å². The lowest BCUT2D eigenvalue weighted by Crippen LogP contribution is -2.41. The van der Waals surface area contributed by atoms with Gasteiger partial charge in [0.1, 0.15) is 17.6 Å². The number of furan rings is 1. The summed E-state index contributed by atoms with van der Waals surface area (Å²) >= 11 is 0. The second kappa shape index (κ2) is 8.54. The molecule has 0 unspecified atom stereocenters. The van der Waals surface area contributed by atoms with Gasteiger partial charge in [0.25, 0.3) is 5.89 Å². The normalized spacial score (nSPS) is 24.7. The van der Waals surface area contributed by atoms with Gasteiger partial charge in [0.15, 0.2) is 5.82 Å². The molecule has 0 aliphatic carbocycles. The van der Waals surface area contributed by atoms with Gasteiger partial charge in [-0.25, -0.2) is 4.79 Å². The third-order valence-electron chi connectivity index (χ3n) is 4.87. The Morgan fingerprint density at radius 1 is 1.34 bits per heavy atom. The number of carboxylic acids is 1. The van der Waals surface area contributed by atoms with Crippen LogP contribution in [-0.2, 0) is 16.1 Å². The third kappa shape index (κ3) is 5.57. The number of hydrogen-bond donors (Lipinski definition) is 1. The number of carboxylic acid groups (broad SMARTS) is 1. The maximum absolute atomic E-state index is 10.6. The lowest BCUT2D eigenvalue weighted by atomic mass is 9.92. The summed E-state index contributed by atoms with van der Waals surface area (Å²) in [5.41, 5.74) is 0. The molecule has 2 saturated heterocycles. The molecule has 0 spiro atoms. The van der Waals surface area contributed by atoms with Crippen LogP contribution in [-0.4, -0.2) is 51.5 Å². The van der Waals surface area contributed by atoms with Gasteiger partial charge in [-0.2, -0.15) is 18.2 Å². The molecule has 2 aliphatic rings. The number of carbonyl (C=O) groups is 1. The maximum atomic E-state index is 10.6. The van der Waals surface area contributed by atoms with Crippen molar-refractivity contribution in [1.82, 2.24) is 15.0 Å². The van der Waals surface area contributed by atoms with Gasteiger partial charge in [-0.3, -0.25) is 4.90 Å². The van der Waals surface area contributed by atoms with E-state index in [1.165, 1.54) is 0 Å². The summed E-state index contributed by atoms with van der Waals surface area (Å²) in [5, 5.41) is 11.0. The Labute approximate surface area is 164 Å². The number of ether oxygens (including phenoxy) is 1. The van der Waals surface area contributed by atoms with Gasteiger partial charge in [0, 0.05) is 6.54 Å². The number of likely N-dealkylation sites (tertiary alicyclic amines) is 1. The SMILES string of the molecule is Cc1noc([C@@H]2C[C@@H]3CCN(Cc4ccc(C)o4)C[C@H]3O2)n1.O=C(O)C(F)(F)F. The molecule has 0 bridgehead atoms. The molecule has 8 nitrogen and oxygen atoms in total. The van der Waals surface area contributed by atoms with E-state index in [0.29, 0.717) is 17.6 Å². The average molecular weight is 417 g/mol. The van der Waals surface area contributed by atoms with Crippen LogP contribution in [0.25, 0.3) is 0 Å². The van der Waals surface area contributed by atoms with E-state index < -0.39 is 12.1 Å². The minimum atomic E-state index is -5.08. The number of fused-ring (bicyclic) bond motifs is 1. The fourth-order valence-electron chi connectivity index (χ4n) is 3.53. The van der Waals surface area contributed by atoms with Crippen LogP contribution in [0.1, 0.15) is 42.2 Å². The molecule has 11 heteroatoms. The number of aryl methyl sites for hydroxylation is 2. The standard InChI is InChI=1S/C16H21N3O3.C2HF3O2/c1-10-3-4-13(20-10)8-19-6-5-12-7-14(21-15(12)9-19)16-17-11(2)18-22-16;3-2(4,5)1(6)7/h3-4,12,14-15H,5-9H2,1-2H3;(H,6,7)/t12-,14-,15+;/m0./s1. The molecule has 0 saturated carbocycles. The number of nitrogens with zero attached hydrogens (tertiary/aromatic N) is 3. The van der Waals surface area contributed by atoms with Crippen molar-refractivity contribution in [1.29, 1.82) is 0 Å². The Morgan fingerprint density at radius 2 is 2.07 bits per heavy atom. The zero-order valence-electron chi connectivity index (χ0n) is 16.0. The quantitative estimate of drug-likeness (QED) is 0.812. The molecule has 2 aromatic heterocycles. The molecule has 0 radical (unpaired) electrons. The highest BCUT2D eigenvalue weighted by Crippen LogP contribution is 2.40. The molecule has 2 fully saturated rings. The van der Waals surface area contributed by atoms with E-state index in [9.17, 15) is 13.2 Å². The topological polar surface area (TPSA) is 102 Å². The Morgan fingerprint density at radius 3 is 2.62 bits per heavy atom. The van der Waals surface area contributed by atoms with Crippen molar-refractivity contribution in [2.75, 3.05) is 13.1 Å². The van der Waals surface area contributed by atoms with E-state index in [-0.39, 0.29) is 12.2 Å². The van der Waals surface area contributed by atoms with Gasteiger partial charge in [0.2, 0.25) is 0 Å². The van der Waals surface area contributed by atoms with Crippen molar-refractivity contribution < 1.29 is 36.7 Å². The van der Waals surface area contributed by atoms with Crippen LogP contribution in [0, 0.1) is 19.8 Å². The van der Waals surface area contributed by atoms with Crippen LogP contribution in [0.15, 0.2) is 21.1 Å². The van der Waals surface area contributed by atoms with E-state index in [0.717, 1.165) is 44.0 Å². The first kappa shape index (κ1) is 21.3. The summed E-state index contributed by atoms with van der Waals surface area (Å²) in [6.45, 7) is 6.69. The number of hydrogen-bond acceptors (Lipinski definition) is 7. The Hall–Kier alpha value is -2.40. The predicted molar refractivity (Wildman–Crippen MR) is 91.8 cm³/mol. The fraction of sp³-hybridized carbons (Fsp3) is 0.611. The number of rotatable bonds is 3. The lowest BCUT2D eigenvalue weighted by molar-refractivity contribution is -0.192.